The molecule has 2 aliphatic carbocycles. The number of esters is 2. The van der Waals surface area contributed by atoms with Crippen molar-refractivity contribution in [3.8, 4) is 23.0 Å². The van der Waals surface area contributed by atoms with Crippen molar-refractivity contribution in [1.82, 2.24) is 4.90 Å². The summed E-state index contributed by atoms with van der Waals surface area (Å²) in [6, 6.07) is 20.5. The predicted octanol–water partition coefficient (Wildman–Crippen LogP) is 5.24. The van der Waals surface area contributed by atoms with Gasteiger partial charge in [-0.1, -0.05) is 17.7 Å². The molecule has 2 aliphatic heterocycles. The van der Waals surface area contributed by atoms with Gasteiger partial charge in [0.15, 0.2) is 0 Å². The number of amides is 4. The van der Waals surface area contributed by atoms with Crippen molar-refractivity contribution < 1.29 is 43.0 Å². The first-order chi connectivity index (χ1) is 23.6. The van der Waals surface area contributed by atoms with Crippen molar-refractivity contribution in [2.75, 3.05) is 11.9 Å². The lowest BCUT2D eigenvalue weighted by Crippen LogP contribution is -2.33. The Kier molecular flexibility index (Phi) is 8.52. The van der Waals surface area contributed by atoms with E-state index < -0.39 is 41.5 Å². The summed E-state index contributed by atoms with van der Waals surface area (Å²) in [4.78, 5) is 79.8. The van der Waals surface area contributed by atoms with Gasteiger partial charge in [-0.25, -0.2) is 0 Å². The Morgan fingerprint density at radius 2 is 0.959 bits per heavy atom. The Balaban J connectivity index is 0.921. The van der Waals surface area contributed by atoms with Crippen LogP contribution in [0.2, 0.25) is 0 Å². The Hall–Kier alpha value is -5.32. The fourth-order valence-electron chi connectivity index (χ4n) is 7.59. The molecule has 6 atom stereocenters. The molecule has 11 heteroatoms. The van der Waals surface area contributed by atoms with Crippen molar-refractivity contribution in [3.05, 3.63) is 78.4 Å². The number of aryl methyl sites for hydroxylation is 1. The van der Waals surface area contributed by atoms with Gasteiger partial charge in [0.05, 0.1) is 41.2 Å². The summed E-state index contributed by atoms with van der Waals surface area (Å²) in [5, 5.41) is 0. The number of anilines is 1. The molecule has 3 aromatic carbocycles. The molecule has 0 bridgehead atoms. The average molecular weight is 665 g/mol. The van der Waals surface area contributed by atoms with Crippen LogP contribution in [0.4, 0.5) is 5.69 Å². The molecular formula is C38H36N2O9. The third-order valence-electron chi connectivity index (χ3n) is 10.4. The van der Waals surface area contributed by atoms with Crippen molar-refractivity contribution in [2.45, 2.75) is 45.4 Å². The van der Waals surface area contributed by atoms with Crippen LogP contribution in [-0.4, -0.2) is 47.5 Å². The zero-order valence-electron chi connectivity index (χ0n) is 27.2. The van der Waals surface area contributed by atoms with Gasteiger partial charge in [-0.3, -0.25) is 38.6 Å². The third kappa shape index (κ3) is 6.21. The Morgan fingerprint density at radius 1 is 0.551 bits per heavy atom. The second-order valence-electron chi connectivity index (χ2n) is 13.4. The van der Waals surface area contributed by atoms with Gasteiger partial charge in [0.1, 0.15) is 23.0 Å². The van der Waals surface area contributed by atoms with Crippen molar-refractivity contribution in [1.29, 1.82) is 0 Å². The zero-order valence-corrected chi connectivity index (χ0v) is 27.2. The standard InChI is InChI=1S/C38H36N2O9/c1-21-3-9-25(10-4-21)47-26-11-7-24(8-12-26)40-35(43)30-18-6-23(20-32(30)36(40)44)38(46)49-28-15-13-27(14-16-28)48-37(45)22-5-17-29-31(19-22)34(42)39(2)33(29)41/h3-4,7-16,22-23,29-32H,5-6,17-20H2,1-2H3. The average Bonchev–Trinajstić information content (AvgIpc) is 3.49. The molecule has 3 aromatic rings. The highest BCUT2D eigenvalue weighted by Crippen LogP contribution is 2.44. The van der Waals surface area contributed by atoms with Gasteiger partial charge in [-0.05, 0) is 106 Å². The molecule has 6 unspecified atom stereocenters. The minimum atomic E-state index is -0.614. The molecule has 11 nitrogen and oxygen atoms in total. The first kappa shape index (κ1) is 32.2. The second kappa shape index (κ2) is 12.9. The van der Waals surface area contributed by atoms with Crippen LogP contribution < -0.4 is 19.1 Å². The normalized spacial score (nSPS) is 26.3. The van der Waals surface area contributed by atoms with Crippen LogP contribution in [0.25, 0.3) is 0 Å². The van der Waals surface area contributed by atoms with Crippen LogP contribution in [0.5, 0.6) is 23.0 Å². The van der Waals surface area contributed by atoms with Gasteiger partial charge < -0.3 is 14.2 Å². The lowest BCUT2D eigenvalue weighted by atomic mass is 9.75. The minimum Gasteiger partial charge on any atom is -0.457 e. The molecule has 252 valence electrons. The molecule has 2 saturated heterocycles. The van der Waals surface area contributed by atoms with E-state index in [1.165, 1.54) is 36.2 Å². The lowest BCUT2D eigenvalue weighted by molar-refractivity contribution is -0.143. The van der Waals surface area contributed by atoms with Gasteiger partial charge >= 0.3 is 11.9 Å². The van der Waals surface area contributed by atoms with Crippen molar-refractivity contribution in [3.63, 3.8) is 0 Å². The highest BCUT2D eigenvalue weighted by molar-refractivity contribution is 6.22. The van der Waals surface area contributed by atoms with Crippen molar-refractivity contribution >= 4 is 41.3 Å². The van der Waals surface area contributed by atoms with Crippen molar-refractivity contribution in [2.24, 2.45) is 35.5 Å². The maximum absolute atomic E-state index is 13.5. The van der Waals surface area contributed by atoms with E-state index in [0.29, 0.717) is 42.9 Å². The Bertz CT molecular complexity index is 1820. The number of ether oxygens (including phenoxy) is 3. The summed E-state index contributed by atoms with van der Waals surface area (Å²) < 4.78 is 17.0. The number of hydrogen-bond acceptors (Lipinski definition) is 9. The number of fused-ring (bicyclic) bond motifs is 2. The summed E-state index contributed by atoms with van der Waals surface area (Å²) in [6.07, 6.45) is 2.23. The molecule has 0 aromatic heterocycles. The molecule has 0 N–H and O–H groups in total. The van der Waals surface area contributed by atoms with E-state index in [2.05, 4.69) is 0 Å². The number of hydrogen-bond donors (Lipinski definition) is 0. The SMILES string of the molecule is Cc1ccc(Oc2ccc(N3C(=O)C4CCC(C(=O)Oc5ccc(OC(=O)C6CCC7C(=O)N(C)C(=O)C7C6)cc5)CC4C3=O)cc2)cc1. The molecule has 0 radical (unpaired) electrons. The van der Waals surface area contributed by atoms with Crippen LogP contribution in [0.1, 0.15) is 44.1 Å². The molecule has 7 rings (SSSR count). The van der Waals surface area contributed by atoms with E-state index in [-0.39, 0.29) is 53.9 Å². The Labute approximate surface area is 283 Å². The molecule has 2 saturated carbocycles. The maximum atomic E-state index is 13.5. The lowest BCUT2D eigenvalue weighted by Gasteiger charge is -2.27. The number of carbonyl (C=O) groups excluding carboxylic acids is 6. The number of nitrogens with zero attached hydrogens (tertiary/aromatic N) is 2. The number of likely N-dealkylation sites (tertiary alicyclic amines) is 1. The quantitative estimate of drug-likeness (QED) is 0.189. The monoisotopic (exact) mass is 664 g/mol. The summed E-state index contributed by atoms with van der Waals surface area (Å²) >= 11 is 0. The molecule has 0 spiro atoms. The van der Waals surface area contributed by atoms with Gasteiger partial charge in [0.2, 0.25) is 23.6 Å². The van der Waals surface area contributed by atoms with E-state index in [9.17, 15) is 28.8 Å². The first-order valence-corrected chi connectivity index (χ1v) is 16.6. The fourth-order valence-corrected chi connectivity index (χ4v) is 7.59. The minimum absolute atomic E-state index is 0.184. The topological polar surface area (TPSA) is 137 Å². The summed E-state index contributed by atoms with van der Waals surface area (Å²) in [6.45, 7) is 1.99. The molecule has 4 aliphatic rings. The van der Waals surface area contributed by atoms with Gasteiger partial charge in [-0.15, -0.1) is 0 Å². The number of rotatable bonds is 7. The molecular weight excluding hydrogens is 628 g/mol. The molecule has 4 amide bonds. The van der Waals surface area contributed by atoms with Crippen LogP contribution in [0.15, 0.2) is 72.8 Å². The maximum Gasteiger partial charge on any atom is 0.314 e. The van der Waals surface area contributed by atoms with E-state index in [1.54, 1.807) is 24.3 Å². The van der Waals surface area contributed by atoms with Crippen LogP contribution in [-0.2, 0) is 28.8 Å². The number of carbonyl (C=O) groups is 6. The predicted molar refractivity (Wildman–Crippen MR) is 174 cm³/mol. The highest BCUT2D eigenvalue weighted by Gasteiger charge is 2.52. The highest BCUT2D eigenvalue weighted by atomic mass is 16.5. The van der Waals surface area contributed by atoms with Gasteiger partial charge in [-0.2, -0.15) is 0 Å². The summed E-state index contributed by atoms with van der Waals surface area (Å²) in [5.74, 6) is -3.19. The molecule has 2 heterocycles. The third-order valence-corrected chi connectivity index (χ3v) is 10.4. The zero-order chi connectivity index (χ0) is 34.4. The number of imide groups is 2. The number of benzene rings is 3. The van der Waals surface area contributed by atoms with Gasteiger partial charge in [0, 0.05) is 7.05 Å². The van der Waals surface area contributed by atoms with Crippen LogP contribution in [0, 0.1) is 42.4 Å². The second-order valence-corrected chi connectivity index (χ2v) is 13.4. The van der Waals surface area contributed by atoms with Crippen LogP contribution in [0.3, 0.4) is 0 Å². The first-order valence-electron chi connectivity index (χ1n) is 16.6. The Morgan fingerprint density at radius 3 is 1.49 bits per heavy atom. The molecule has 49 heavy (non-hydrogen) atoms. The smallest absolute Gasteiger partial charge is 0.314 e. The largest absolute Gasteiger partial charge is 0.457 e. The summed E-state index contributed by atoms with van der Waals surface area (Å²) in [7, 11) is 1.48. The van der Waals surface area contributed by atoms with E-state index in [4.69, 9.17) is 14.2 Å². The van der Waals surface area contributed by atoms with Crippen LogP contribution >= 0.6 is 0 Å². The van der Waals surface area contributed by atoms with E-state index in [1.807, 2.05) is 31.2 Å². The summed E-state index contributed by atoms with van der Waals surface area (Å²) in [5.41, 5.74) is 1.58. The molecule has 4 fully saturated rings. The van der Waals surface area contributed by atoms with Gasteiger partial charge in [0.25, 0.3) is 0 Å². The van der Waals surface area contributed by atoms with E-state index >= 15 is 0 Å². The fraction of sp³-hybridized carbons (Fsp3) is 0.368. The van der Waals surface area contributed by atoms with E-state index in [0.717, 1.165) is 10.5 Å².